The smallest absolute Gasteiger partial charge is 0.102 e. The molecule has 0 N–H and O–H groups in total. The molecule has 0 amide bonds. The van der Waals surface area contributed by atoms with Crippen LogP contribution in [0.25, 0.3) is 22.2 Å². The summed E-state index contributed by atoms with van der Waals surface area (Å²) in [4.78, 5) is 0. The van der Waals surface area contributed by atoms with Crippen LogP contribution in [0.15, 0.2) is 42.7 Å². The maximum absolute atomic E-state index is 4.50. The molecule has 4 nitrogen and oxygen atoms in total. The summed E-state index contributed by atoms with van der Waals surface area (Å²) in [6.07, 6.45) is 3.49. The predicted octanol–water partition coefficient (Wildman–Crippen LogP) is 2.03. The zero-order chi connectivity index (χ0) is 11.0. The van der Waals surface area contributed by atoms with E-state index in [4.69, 9.17) is 0 Å². The van der Waals surface area contributed by atoms with Gasteiger partial charge in [-0.25, -0.2) is 0 Å². The molecule has 3 rings (SSSR count). The number of aromatic nitrogens is 4. The van der Waals surface area contributed by atoms with Gasteiger partial charge in [0, 0.05) is 18.0 Å². The normalized spacial score (nSPS) is 10.8. The molecule has 0 aliphatic heterocycles. The Kier molecular flexibility index (Phi) is 1.93. The van der Waals surface area contributed by atoms with Gasteiger partial charge in [-0.15, -0.1) is 0 Å². The molecule has 0 radical (unpaired) electrons. The minimum Gasteiger partial charge on any atom is -0.266 e. The van der Waals surface area contributed by atoms with Crippen molar-refractivity contribution in [2.45, 2.75) is 0 Å². The van der Waals surface area contributed by atoms with Crippen LogP contribution < -0.4 is 0 Å². The average Bonchev–Trinajstić information content (AvgIpc) is 2.69. The zero-order valence-corrected chi connectivity index (χ0v) is 8.83. The van der Waals surface area contributed by atoms with Crippen LogP contribution in [-0.2, 0) is 7.05 Å². The monoisotopic (exact) mass is 210 g/mol. The summed E-state index contributed by atoms with van der Waals surface area (Å²) >= 11 is 0. The second-order valence-electron chi connectivity index (χ2n) is 3.63. The predicted molar refractivity (Wildman–Crippen MR) is 61.7 cm³/mol. The first-order chi connectivity index (χ1) is 7.86. The van der Waals surface area contributed by atoms with Crippen LogP contribution in [0.4, 0.5) is 0 Å². The molecule has 0 atom stereocenters. The van der Waals surface area contributed by atoms with Crippen molar-refractivity contribution in [3.8, 4) is 11.3 Å². The SMILES string of the molecule is Cn1nc(-c2ccccc2)c2cnncc21. The number of nitrogens with zero attached hydrogens (tertiary/aromatic N) is 4. The van der Waals surface area contributed by atoms with E-state index in [1.54, 1.807) is 12.4 Å². The molecule has 0 fully saturated rings. The number of aryl methyl sites for hydroxylation is 1. The number of hydrogen-bond donors (Lipinski definition) is 0. The highest BCUT2D eigenvalue weighted by Gasteiger charge is 2.09. The van der Waals surface area contributed by atoms with Crippen LogP contribution in [0.2, 0.25) is 0 Å². The Morgan fingerprint density at radius 1 is 1.00 bits per heavy atom. The standard InChI is InChI=1S/C12H10N4/c1-16-11-8-14-13-7-10(11)12(15-16)9-5-3-2-4-6-9/h2-8H,1H3. The molecule has 2 heterocycles. The van der Waals surface area contributed by atoms with Crippen LogP contribution in [0.3, 0.4) is 0 Å². The Hall–Kier alpha value is -2.23. The quantitative estimate of drug-likeness (QED) is 0.617. The second kappa shape index (κ2) is 3.41. The van der Waals surface area contributed by atoms with Gasteiger partial charge in [-0.3, -0.25) is 4.68 Å². The summed E-state index contributed by atoms with van der Waals surface area (Å²) in [6, 6.07) is 10.1. The van der Waals surface area contributed by atoms with E-state index >= 15 is 0 Å². The van der Waals surface area contributed by atoms with Gasteiger partial charge in [0.25, 0.3) is 0 Å². The highest BCUT2D eigenvalue weighted by molar-refractivity contribution is 5.92. The van der Waals surface area contributed by atoms with Gasteiger partial charge in [-0.2, -0.15) is 15.3 Å². The molecule has 3 aromatic rings. The minimum atomic E-state index is 0.952. The molecule has 0 saturated carbocycles. The van der Waals surface area contributed by atoms with Crippen molar-refractivity contribution >= 4 is 10.9 Å². The van der Waals surface area contributed by atoms with Crippen molar-refractivity contribution in [3.63, 3.8) is 0 Å². The third kappa shape index (κ3) is 1.27. The topological polar surface area (TPSA) is 43.6 Å². The van der Waals surface area contributed by atoms with Crippen LogP contribution in [0.1, 0.15) is 0 Å². The molecule has 16 heavy (non-hydrogen) atoms. The molecule has 4 heteroatoms. The lowest BCUT2D eigenvalue weighted by atomic mass is 10.1. The van der Waals surface area contributed by atoms with Gasteiger partial charge < -0.3 is 0 Å². The van der Waals surface area contributed by atoms with E-state index in [2.05, 4.69) is 15.3 Å². The molecule has 0 aliphatic rings. The molecular weight excluding hydrogens is 200 g/mol. The molecule has 0 saturated heterocycles. The summed E-state index contributed by atoms with van der Waals surface area (Å²) in [5.41, 5.74) is 3.04. The second-order valence-corrected chi connectivity index (χ2v) is 3.63. The molecule has 0 spiro atoms. The summed E-state index contributed by atoms with van der Waals surface area (Å²) in [6.45, 7) is 0. The Labute approximate surface area is 92.6 Å². The van der Waals surface area contributed by atoms with Crippen LogP contribution in [0.5, 0.6) is 0 Å². The molecule has 0 unspecified atom stereocenters. The van der Waals surface area contributed by atoms with Gasteiger partial charge in [-0.1, -0.05) is 30.3 Å². The van der Waals surface area contributed by atoms with Crippen LogP contribution in [0, 0.1) is 0 Å². The maximum Gasteiger partial charge on any atom is 0.102 e. The van der Waals surface area contributed by atoms with Gasteiger partial charge in [0.05, 0.1) is 17.9 Å². The lowest BCUT2D eigenvalue weighted by Crippen LogP contribution is -1.90. The average molecular weight is 210 g/mol. The fraction of sp³-hybridized carbons (Fsp3) is 0.0833. The molecular formula is C12H10N4. The first-order valence-electron chi connectivity index (χ1n) is 5.05. The largest absolute Gasteiger partial charge is 0.266 e. The van der Waals surface area contributed by atoms with Gasteiger partial charge in [0.2, 0.25) is 0 Å². The Morgan fingerprint density at radius 2 is 1.75 bits per heavy atom. The first kappa shape index (κ1) is 9.03. The summed E-state index contributed by atoms with van der Waals surface area (Å²) in [7, 11) is 1.91. The highest BCUT2D eigenvalue weighted by atomic mass is 15.3. The van der Waals surface area contributed by atoms with E-state index in [1.807, 2.05) is 42.1 Å². The number of fused-ring (bicyclic) bond motifs is 1. The van der Waals surface area contributed by atoms with E-state index in [0.717, 1.165) is 22.2 Å². The van der Waals surface area contributed by atoms with Gasteiger partial charge in [0.15, 0.2) is 0 Å². The molecule has 0 aliphatic carbocycles. The molecule has 2 aromatic heterocycles. The molecule has 78 valence electrons. The van der Waals surface area contributed by atoms with Gasteiger partial charge in [0.1, 0.15) is 5.69 Å². The lowest BCUT2D eigenvalue weighted by molar-refractivity contribution is 0.797. The zero-order valence-electron chi connectivity index (χ0n) is 8.83. The third-order valence-corrected chi connectivity index (χ3v) is 2.61. The van der Waals surface area contributed by atoms with Crippen molar-refractivity contribution in [1.29, 1.82) is 0 Å². The van der Waals surface area contributed by atoms with E-state index in [0.29, 0.717) is 0 Å². The number of benzene rings is 1. The van der Waals surface area contributed by atoms with Gasteiger partial charge >= 0.3 is 0 Å². The summed E-state index contributed by atoms with van der Waals surface area (Å²) in [5, 5.41) is 13.3. The Bertz CT molecular complexity index is 628. The highest BCUT2D eigenvalue weighted by Crippen LogP contribution is 2.25. The fourth-order valence-electron chi connectivity index (χ4n) is 1.82. The number of rotatable bonds is 1. The summed E-state index contributed by atoms with van der Waals surface area (Å²) in [5.74, 6) is 0. The number of hydrogen-bond acceptors (Lipinski definition) is 3. The van der Waals surface area contributed by atoms with E-state index in [1.165, 1.54) is 0 Å². The third-order valence-electron chi connectivity index (χ3n) is 2.61. The van der Waals surface area contributed by atoms with Crippen LogP contribution >= 0.6 is 0 Å². The van der Waals surface area contributed by atoms with E-state index in [-0.39, 0.29) is 0 Å². The lowest BCUT2D eigenvalue weighted by Gasteiger charge is -1.95. The van der Waals surface area contributed by atoms with Crippen molar-refractivity contribution in [1.82, 2.24) is 20.0 Å². The molecule has 1 aromatic carbocycles. The van der Waals surface area contributed by atoms with Crippen molar-refractivity contribution in [3.05, 3.63) is 42.7 Å². The van der Waals surface area contributed by atoms with Crippen molar-refractivity contribution < 1.29 is 0 Å². The Balaban J connectivity index is 2.33. The fourth-order valence-corrected chi connectivity index (χ4v) is 1.82. The van der Waals surface area contributed by atoms with Crippen molar-refractivity contribution in [2.75, 3.05) is 0 Å². The maximum atomic E-state index is 4.50. The van der Waals surface area contributed by atoms with Gasteiger partial charge in [-0.05, 0) is 0 Å². The summed E-state index contributed by atoms with van der Waals surface area (Å²) < 4.78 is 1.83. The minimum absolute atomic E-state index is 0.952. The van der Waals surface area contributed by atoms with Crippen LogP contribution in [-0.4, -0.2) is 20.0 Å². The Morgan fingerprint density at radius 3 is 2.56 bits per heavy atom. The first-order valence-corrected chi connectivity index (χ1v) is 5.05. The van der Waals surface area contributed by atoms with E-state index < -0.39 is 0 Å². The van der Waals surface area contributed by atoms with Crippen molar-refractivity contribution in [2.24, 2.45) is 7.05 Å². The van der Waals surface area contributed by atoms with E-state index in [9.17, 15) is 0 Å². The molecule has 0 bridgehead atoms.